The molecule has 3 aromatic rings. The van der Waals surface area contributed by atoms with Crippen LogP contribution in [-0.2, 0) is 38.8 Å². The van der Waals surface area contributed by atoms with Crippen molar-refractivity contribution >= 4 is 5.97 Å². The minimum atomic E-state index is -1.65. The van der Waals surface area contributed by atoms with Crippen molar-refractivity contribution in [3.63, 3.8) is 0 Å². The molecule has 0 radical (unpaired) electrons. The summed E-state index contributed by atoms with van der Waals surface area (Å²) in [6.07, 6.45) is 3.38. The minimum Gasteiger partial charge on any atom is -0.457 e. The Bertz CT molecular complexity index is 1350. The first kappa shape index (κ1) is 33.7. The maximum absolute atomic E-state index is 14.6. The van der Waals surface area contributed by atoms with Crippen molar-refractivity contribution in [2.75, 3.05) is 33.6 Å². The third-order valence-corrected chi connectivity index (χ3v) is 8.31. The van der Waals surface area contributed by atoms with Crippen molar-refractivity contribution in [1.82, 2.24) is 4.90 Å². The van der Waals surface area contributed by atoms with E-state index in [4.69, 9.17) is 28.4 Å². The highest BCUT2D eigenvalue weighted by Crippen LogP contribution is 2.46. The molecule has 1 fully saturated rings. The smallest absolute Gasteiger partial charge is 0.355 e. The lowest BCUT2D eigenvalue weighted by molar-refractivity contribution is -0.255. The lowest BCUT2D eigenvalue weighted by Gasteiger charge is -2.46. The summed E-state index contributed by atoms with van der Waals surface area (Å²) in [5.41, 5.74) is -0.677. The number of nitrogens with zero attached hydrogens (tertiary/aromatic N) is 1. The van der Waals surface area contributed by atoms with E-state index >= 15 is 0 Å². The molecule has 1 unspecified atom stereocenters. The fourth-order valence-electron chi connectivity index (χ4n) is 6.34. The van der Waals surface area contributed by atoms with Gasteiger partial charge in [0.15, 0.2) is 0 Å². The normalized spacial score (nSPS) is 18.6. The van der Waals surface area contributed by atoms with Crippen molar-refractivity contribution in [2.24, 2.45) is 5.92 Å². The second-order valence-corrected chi connectivity index (χ2v) is 13.2. The van der Waals surface area contributed by atoms with Gasteiger partial charge in [0.25, 0.3) is 0 Å². The first-order valence-corrected chi connectivity index (χ1v) is 16.0. The molecule has 0 spiro atoms. The third kappa shape index (κ3) is 7.00. The fraction of sp³-hybridized carbons (Fsp3) is 0.447. The van der Waals surface area contributed by atoms with Crippen molar-refractivity contribution < 1.29 is 33.2 Å². The summed E-state index contributed by atoms with van der Waals surface area (Å²) < 4.78 is 37.9. The molecule has 0 saturated carbocycles. The minimum absolute atomic E-state index is 0.00339. The molecule has 0 bridgehead atoms. The number of carbonyl (C=O) groups excluding carboxylic acids is 1. The molecule has 3 aromatic carbocycles. The van der Waals surface area contributed by atoms with Gasteiger partial charge in [-0.2, -0.15) is 0 Å². The van der Waals surface area contributed by atoms with Crippen LogP contribution in [0.25, 0.3) is 0 Å². The molecule has 0 amide bonds. The number of benzene rings is 3. The average molecular weight is 630 g/mol. The summed E-state index contributed by atoms with van der Waals surface area (Å²) >= 11 is 0. The van der Waals surface area contributed by atoms with Crippen molar-refractivity contribution in [3.05, 3.63) is 120 Å². The highest BCUT2D eigenvalue weighted by atomic mass is 16.7. The third-order valence-electron chi connectivity index (χ3n) is 8.31. The van der Waals surface area contributed by atoms with Crippen molar-refractivity contribution in [2.45, 2.75) is 70.2 Å². The highest BCUT2D eigenvalue weighted by Gasteiger charge is 2.59. The van der Waals surface area contributed by atoms with E-state index in [0.717, 1.165) is 29.5 Å². The van der Waals surface area contributed by atoms with Crippen molar-refractivity contribution in [1.29, 1.82) is 0 Å². The van der Waals surface area contributed by atoms with Gasteiger partial charge >= 0.3 is 5.97 Å². The van der Waals surface area contributed by atoms with E-state index in [0.29, 0.717) is 18.8 Å². The van der Waals surface area contributed by atoms with Gasteiger partial charge in [0.1, 0.15) is 30.0 Å². The molecule has 0 aromatic heterocycles. The Kier molecular flexibility index (Phi) is 10.2. The number of rotatable bonds is 13. The molecule has 0 N–H and O–H groups in total. The van der Waals surface area contributed by atoms with Gasteiger partial charge in [-0.1, -0.05) is 91.0 Å². The Morgan fingerprint density at radius 2 is 1.33 bits per heavy atom. The molecule has 46 heavy (non-hydrogen) atoms. The van der Waals surface area contributed by atoms with Gasteiger partial charge in [-0.15, -0.1) is 0 Å². The van der Waals surface area contributed by atoms with E-state index in [1.807, 2.05) is 94.1 Å². The Hall–Kier alpha value is -3.69. The predicted molar refractivity (Wildman–Crippen MR) is 175 cm³/mol. The molecular weight excluding hydrogens is 582 g/mol. The number of hydrogen-bond donors (Lipinski definition) is 0. The maximum Gasteiger partial charge on any atom is 0.355 e. The molecule has 5 rings (SSSR count). The lowest BCUT2D eigenvalue weighted by atomic mass is 9.79. The highest BCUT2D eigenvalue weighted by molar-refractivity contribution is 5.80. The van der Waals surface area contributed by atoms with Gasteiger partial charge in [-0.25, -0.2) is 4.79 Å². The van der Waals surface area contributed by atoms with Gasteiger partial charge in [-0.05, 0) is 50.3 Å². The summed E-state index contributed by atoms with van der Waals surface area (Å²) in [7, 11) is 1.54. The quantitative estimate of drug-likeness (QED) is 0.114. The summed E-state index contributed by atoms with van der Waals surface area (Å²) in [5, 5.41) is 0. The number of ether oxygens (including phenoxy) is 6. The van der Waals surface area contributed by atoms with Crippen LogP contribution in [0.1, 0.15) is 64.2 Å². The number of likely N-dealkylation sites (tertiary alicyclic amines) is 1. The van der Waals surface area contributed by atoms with Gasteiger partial charge < -0.3 is 28.4 Å². The SMILES string of the molecule is COCO[C@@](C(=O)OC(C)(C)C)(C(COC(c1ccccc1)(c1ccccc1)c1ccccc1)C1=COC(C)(C)O1)N1CCCC1. The molecule has 2 atom stereocenters. The van der Waals surface area contributed by atoms with Crippen LogP contribution in [-0.4, -0.2) is 61.6 Å². The molecule has 246 valence electrons. The zero-order chi connectivity index (χ0) is 32.8. The zero-order valence-corrected chi connectivity index (χ0v) is 27.9. The largest absolute Gasteiger partial charge is 0.457 e. The number of hydrogen-bond acceptors (Lipinski definition) is 8. The molecular formula is C38H47NO7. The fourth-order valence-corrected chi connectivity index (χ4v) is 6.34. The van der Waals surface area contributed by atoms with Gasteiger partial charge in [0, 0.05) is 34.0 Å². The van der Waals surface area contributed by atoms with E-state index in [-0.39, 0.29) is 13.4 Å². The Balaban J connectivity index is 1.71. The van der Waals surface area contributed by atoms with Crippen LogP contribution in [0.3, 0.4) is 0 Å². The topological polar surface area (TPSA) is 75.7 Å². The molecule has 8 heteroatoms. The number of methoxy groups -OCH3 is 1. The van der Waals surface area contributed by atoms with Crippen LogP contribution in [0, 0.1) is 5.92 Å². The van der Waals surface area contributed by atoms with E-state index in [9.17, 15) is 4.79 Å². The maximum atomic E-state index is 14.6. The van der Waals surface area contributed by atoms with Crippen LogP contribution in [0.2, 0.25) is 0 Å². The second kappa shape index (κ2) is 14.0. The van der Waals surface area contributed by atoms with Crippen LogP contribution in [0.15, 0.2) is 103 Å². The van der Waals surface area contributed by atoms with Crippen LogP contribution in [0.5, 0.6) is 0 Å². The van der Waals surface area contributed by atoms with Gasteiger partial charge in [-0.3, -0.25) is 4.90 Å². The molecule has 0 aliphatic carbocycles. The van der Waals surface area contributed by atoms with E-state index in [2.05, 4.69) is 36.4 Å². The lowest BCUT2D eigenvalue weighted by Crippen LogP contribution is -2.64. The van der Waals surface area contributed by atoms with Crippen LogP contribution < -0.4 is 0 Å². The number of carbonyl (C=O) groups is 1. The first-order chi connectivity index (χ1) is 22.0. The summed E-state index contributed by atoms with van der Waals surface area (Å²) in [5.74, 6) is -1.86. The van der Waals surface area contributed by atoms with Crippen LogP contribution in [0.4, 0.5) is 0 Å². The first-order valence-electron chi connectivity index (χ1n) is 16.0. The summed E-state index contributed by atoms with van der Waals surface area (Å²) in [6.45, 7) is 10.3. The molecule has 2 aliphatic heterocycles. The Morgan fingerprint density at radius 1 is 0.826 bits per heavy atom. The van der Waals surface area contributed by atoms with E-state index in [1.54, 1.807) is 6.26 Å². The number of esters is 1. The molecule has 2 heterocycles. The monoisotopic (exact) mass is 629 g/mol. The standard InChI is InChI=1S/C38H47NO7/c1-35(2,3)46-34(40)38(44-28-41-6,39-24-16-17-25-39)32(33-27-42-36(4,5)45-33)26-43-37(29-18-10-7-11-19-29,30-20-12-8-13-21-30)31-22-14-9-15-23-31/h7-15,18-23,27,32H,16-17,24-26,28H2,1-6H3/t32?,38-/m1/s1. The summed E-state index contributed by atoms with van der Waals surface area (Å²) in [6, 6.07) is 30.4. The van der Waals surface area contributed by atoms with Crippen LogP contribution >= 0.6 is 0 Å². The Labute approximate surface area is 273 Å². The molecule has 8 nitrogen and oxygen atoms in total. The Morgan fingerprint density at radius 3 is 1.74 bits per heavy atom. The zero-order valence-electron chi connectivity index (χ0n) is 27.9. The average Bonchev–Trinajstić information content (AvgIpc) is 3.71. The second-order valence-electron chi connectivity index (χ2n) is 13.2. The van der Waals surface area contributed by atoms with Gasteiger partial charge in [0.05, 0.1) is 12.5 Å². The summed E-state index contributed by atoms with van der Waals surface area (Å²) in [4.78, 5) is 16.7. The molecule has 2 aliphatic rings. The van der Waals surface area contributed by atoms with E-state index < -0.39 is 34.6 Å². The van der Waals surface area contributed by atoms with Gasteiger partial charge in [0.2, 0.25) is 11.5 Å². The predicted octanol–water partition coefficient (Wildman–Crippen LogP) is 6.99. The van der Waals surface area contributed by atoms with E-state index in [1.165, 1.54) is 7.11 Å². The molecule has 1 saturated heterocycles. The van der Waals surface area contributed by atoms with Crippen molar-refractivity contribution in [3.8, 4) is 0 Å².